The molecule has 112 valence electrons. The minimum absolute atomic E-state index is 0.0409. The largest absolute Gasteiger partial charge is 0.387 e. The van der Waals surface area contributed by atoms with Crippen LogP contribution in [0.2, 0.25) is 10.0 Å². The molecule has 0 aliphatic carbocycles. The number of aliphatic hydroxyl groups is 1. The lowest BCUT2D eigenvalue weighted by atomic mass is 10.1. The number of aromatic nitrogens is 3. The summed E-state index contributed by atoms with van der Waals surface area (Å²) in [5.41, 5.74) is 0.509. The number of amides is 1. The van der Waals surface area contributed by atoms with Crippen LogP contribution in [0.3, 0.4) is 0 Å². The highest BCUT2D eigenvalue weighted by Gasteiger charge is 2.18. The van der Waals surface area contributed by atoms with E-state index in [1.54, 1.807) is 25.1 Å². The zero-order chi connectivity index (χ0) is 15.4. The van der Waals surface area contributed by atoms with Crippen LogP contribution in [0.4, 0.5) is 0 Å². The van der Waals surface area contributed by atoms with Crippen molar-refractivity contribution in [1.82, 2.24) is 20.1 Å². The molecule has 0 fully saturated rings. The van der Waals surface area contributed by atoms with Gasteiger partial charge in [0.2, 0.25) is 5.91 Å². The molecule has 1 aromatic carbocycles. The normalized spacial score (nSPS) is 13.7. The number of hydrogen-bond donors (Lipinski definition) is 2. The molecule has 2 atom stereocenters. The monoisotopic (exact) mass is 328 g/mol. The van der Waals surface area contributed by atoms with Crippen LogP contribution >= 0.6 is 23.2 Å². The van der Waals surface area contributed by atoms with Crippen molar-refractivity contribution in [1.29, 1.82) is 0 Å². The molecule has 0 aliphatic heterocycles. The summed E-state index contributed by atoms with van der Waals surface area (Å²) >= 11 is 11.8. The summed E-state index contributed by atoms with van der Waals surface area (Å²) in [6.45, 7) is 1.73. The van der Waals surface area contributed by atoms with Crippen LogP contribution in [0.15, 0.2) is 30.9 Å². The first-order valence-corrected chi connectivity index (χ1v) is 6.99. The van der Waals surface area contributed by atoms with Crippen molar-refractivity contribution < 1.29 is 9.90 Å². The van der Waals surface area contributed by atoms with Gasteiger partial charge in [-0.05, 0) is 19.1 Å². The second-order valence-corrected chi connectivity index (χ2v) is 5.32. The maximum Gasteiger partial charge on any atom is 0.244 e. The summed E-state index contributed by atoms with van der Waals surface area (Å²) in [7, 11) is 0. The molecule has 6 nitrogen and oxygen atoms in total. The fourth-order valence-electron chi connectivity index (χ4n) is 1.76. The van der Waals surface area contributed by atoms with Crippen LogP contribution in [0, 0.1) is 0 Å². The third-order valence-corrected chi connectivity index (χ3v) is 3.57. The van der Waals surface area contributed by atoms with E-state index in [9.17, 15) is 9.90 Å². The van der Waals surface area contributed by atoms with E-state index < -0.39 is 12.1 Å². The zero-order valence-corrected chi connectivity index (χ0v) is 12.7. The first kappa shape index (κ1) is 15.8. The Bertz CT molecular complexity index is 619. The van der Waals surface area contributed by atoms with Gasteiger partial charge in [0.25, 0.3) is 0 Å². The van der Waals surface area contributed by atoms with Crippen molar-refractivity contribution in [2.75, 3.05) is 6.54 Å². The Kier molecular flexibility index (Phi) is 5.17. The molecule has 2 rings (SSSR count). The minimum atomic E-state index is -0.915. The first-order valence-electron chi connectivity index (χ1n) is 6.24. The van der Waals surface area contributed by atoms with Crippen LogP contribution < -0.4 is 5.32 Å². The van der Waals surface area contributed by atoms with Gasteiger partial charge in [0.1, 0.15) is 18.7 Å². The van der Waals surface area contributed by atoms with Gasteiger partial charge in [0.05, 0.1) is 6.10 Å². The highest BCUT2D eigenvalue weighted by molar-refractivity contribution is 6.35. The lowest BCUT2D eigenvalue weighted by molar-refractivity contribution is -0.124. The molecule has 1 aromatic heterocycles. The summed E-state index contributed by atoms with van der Waals surface area (Å²) in [6.07, 6.45) is 1.89. The predicted octanol–water partition coefficient (Wildman–Crippen LogP) is 2.00. The van der Waals surface area contributed by atoms with Gasteiger partial charge < -0.3 is 10.4 Å². The molecule has 1 amide bonds. The fraction of sp³-hybridized carbons (Fsp3) is 0.308. The fourth-order valence-corrected chi connectivity index (χ4v) is 2.30. The molecule has 8 heteroatoms. The maximum atomic E-state index is 12.0. The third kappa shape index (κ3) is 3.93. The van der Waals surface area contributed by atoms with E-state index in [0.717, 1.165) is 0 Å². The number of benzene rings is 1. The van der Waals surface area contributed by atoms with Crippen LogP contribution in [0.1, 0.15) is 24.6 Å². The van der Waals surface area contributed by atoms with Crippen molar-refractivity contribution in [2.45, 2.75) is 19.1 Å². The Morgan fingerprint density at radius 1 is 1.48 bits per heavy atom. The standard InChI is InChI=1S/C13H14Cl2N4O2/c1-8(19-7-16-6-18-19)13(21)17-5-12(20)10-3-2-9(14)4-11(10)15/h2-4,6-8,12,20H,5H2,1H3,(H,17,21). The van der Waals surface area contributed by atoms with Gasteiger partial charge >= 0.3 is 0 Å². The molecule has 0 radical (unpaired) electrons. The summed E-state index contributed by atoms with van der Waals surface area (Å²) in [6, 6.07) is 4.29. The van der Waals surface area contributed by atoms with E-state index in [1.807, 2.05) is 0 Å². The lowest BCUT2D eigenvalue weighted by Crippen LogP contribution is -2.34. The summed E-state index contributed by atoms with van der Waals surface area (Å²) < 4.78 is 1.43. The SMILES string of the molecule is CC(C(=O)NCC(O)c1ccc(Cl)cc1Cl)n1cncn1. The highest BCUT2D eigenvalue weighted by Crippen LogP contribution is 2.25. The van der Waals surface area contributed by atoms with Crippen LogP contribution in [-0.2, 0) is 4.79 Å². The highest BCUT2D eigenvalue weighted by atomic mass is 35.5. The van der Waals surface area contributed by atoms with Crippen molar-refractivity contribution in [3.05, 3.63) is 46.5 Å². The summed E-state index contributed by atoms with van der Waals surface area (Å²) in [5.74, 6) is -0.273. The molecule has 0 spiro atoms. The number of nitrogens with one attached hydrogen (secondary N) is 1. The topological polar surface area (TPSA) is 80.0 Å². The second-order valence-electron chi connectivity index (χ2n) is 4.48. The Morgan fingerprint density at radius 3 is 2.86 bits per heavy atom. The van der Waals surface area contributed by atoms with Gasteiger partial charge in [-0.15, -0.1) is 0 Å². The van der Waals surface area contributed by atoms with Gasteiger partial charge in [0.15, 0.2) is 0 Å². The van der Waals surface area contributed by atoms with Crippen molar-refractivity contribution in [3.63, 3.8) is 0 Å². The first-order chi connectivity index (χ1) is 9.99. The smallest absolute Gasteiger partial charge is 0.244 e. The zero-order valence-electron chi connectivity index (χ0n) is 11.2. The van der Waals surface area contributed by atoms with E-state index in [1.165, 1.54) is 17.3 Å². The van der Waals surface area contributed by atoms with Gasteiger partial charge in [-0.25, -0.2) is 9.67 Å². The quantitative estimate of drug-likeness (QED) is 0.879. The Balaban J connectivity index is 1.94. The van der Waals surface area contributed by atoms with Crippen molar-refractivity contribution in [2.24, 2.45) is 0 Å². The predicted molar refractivity (Wildman–Crippen MR) is 79.2 cm³/mol. The molecule has 0 saturated carbocycles. The number of halogens is 2. The second kappa shape index (κ2) is 6.89. The van der Waals surface area contributed by atoms with E-state index in [4.69, 9.17) is 23.2 Å². The van der Waals surface area contributed by atoms with Crippen molar-refractivity contribution >= 4 is 29.1 Å². The molecule has 0 bridgehead atoms. The average molecular weight is 329 g/mol. The summed E-state index contributed by atoms with van der Waals surface area (Å²) in [5, 5.41) is 17.5. The molecule has 2 N–H and O–H groups in total. The Hall–Kier alpha value is -1.63. The molecular weight excluding hydrogens is 315 g/mol. The van der Waals surface area contributed by atoms with E-state index in [2.05, 4.69) is 15.4 Å². The third-order valence-electron chi connectivity index (χ3n) is 3.00. The van der Waals surface area contributed by atoms with E-state index >= 15 is 0 Å². The van der Waals surface area contributed by atoms with Crippen LogP contribution in [-0.4, -0.2) is 32.3 Å². The lowest BCUT2D eigenvalue weighted by Gasteiger charge is -2.16. The molecule has 0 aliphatic rings. The number of aliphatic hydroxyl groups excluding tert-OH is 1. The van der Waals surface area contributed by atoms with E-state index in [0.29, 0.717) is 15.6 Å². The molecule has 2 aromatic rings. The van der Waals surface area contributed by atoms with Gasteiger partial charge in [-0.3, -0.25) is 4.79 Å². The maximum absolute atomic E-state index is 12.0. The van der Waals surface area contributed by atoms with Gasteiger partial charge in [-0.1, -0.05) is 29.3 Å². The average Bonchev–Trinajstić information content (AvgIpc) is 2.97. The van der Waals surface area contributed by atoms with Crippen LogP contribution in [0.5, 0.6) is 0 Å². The van der Waals surface area contributed by atoms with E-state index in [-0.39, 0.29) is 12.5 Å². The number of nitrogens with zero attached hydrogens (tertiary/aromatic N) is 3. The molecule has 0 saturated heterocycles. The number of rotatable bonds is 5. The number of carbonyl (C=O) groups excluding carboxylic acids is 1. The Morgan fingerprint density at radius 2 is 2.24 bits per heavy atom. The Labute approximate surface area is 131 Å². The molecule has 2 unspecified atom stereocenters. The van der Waals surface area contributed by atoms with Crippen LogP contribution in [0.25, 0.3) is 0 Å². The molecular formula is C13H14Cl2N4O2. The van der Waals surface area contributed by atoms with Crippen molar-refractivity contribution in [3.8, 4) is 0 Å². The van der Waals surface area contributed by atoms with Gasteiger partial charge in [-0.2, -0.15) is 5.10 Å². The molecule has 21 heavy (non-hydrogen) atoms. The molecule has 1 heterocycles. The summed E-state index contributed by atoms with van der Waals surface area (Å²) in [4.78, 5) is 15.7. The van der Waals surface area contributed by atoms with Gasteiger partial charge in [0, 0.05) is 22.2 Å². The number of hydrogen-bond acceptors (Lipinski definition) is 4. The number of carbonyl (C=O) groups is 1. The minimum Gasteiger partial charge on any atom is -0.387 e.